The SMILES string of the molecule is Cc1cc(O)cc(C)c1C[C@H](N)C(=O)N[C@@H](CCCCNC(=O)OCc1ccccc1)C(=O)N[C@@H](Cc1ccccc1)C(N)=O.Cl.O=C(O)C(F)(F)F. The van der Waals surface area contributed by atoms with Gasteiger partial charge in [-0.05, 0) is 79.5 Å². The minimum Gasteiger partial charge on any atom is -0.508 e. The van der Waals surface area contributed by atoms with E-state index in [1.165, 1.54) is 0 Å². The van der Waals surface area contributed by atoms with E-state index in [0.717, 1.165) is 27.8 Å². The summed E-state index contributed by atoms with van der Waals surface area (Å²) in [7, 11) is 0. The highest BCUT2D eigenvalue weighted by Crippen LogP contribution is 2.22. The molecular weight excluding hydrogens is 723 g/mol. The number of amides is 4. The van der Waals surface area contributed by atoms with Gasteiger partial charge in [-0.15, -0.1) is 12.4 Å². The van der Waals surface area contributed by atoms with Gasteiger partial charge in [0.05, 0.1) is 6.04 Å². The number of rotatable bonds is 16. The van der Waals surface area contributed by atoms with Crippen LogP contribution in [0.15, 0.2) is 72.8 Å². The van der Waals surface area contributed by atoms with Crippen LogP contribution in [0, 0.1) is 13.8 Å². The number of aliphatic carboxylic acids is 1. The van der Waals surface area contributed by atoms with Crippen molar-refractivity contribution < 1.29 is 52.1 Å². The molecule has 0 unspecified atom stereocenters. The number of halogens is 4. The quantitative estimate of drug-likeness (QED) is 0.105. The van der Waals surface area contributed by atoms with Gasteiger partial charge in [-0.3, -0.25) is 14.4 Å². The van der Waals surface area contributed by atoms with E-state index in [2.05, 4.69) is 16.0 Å². The number of carboxylic acids is 1. The summed E-state index contributed by atoms with van der Waals surface area (Å²) >= 11 is 0. The van der Waals surface area contributed by atoms with Crippen LogP contribution in [-0.4, -0.2) is 70.8 Å². The first-order valence-electron chi connectivity index (χ1n) is 16.2. The van der Waals surface area contributed by atoms with Crippen molar-refractivity contribution in [3.8, 4) is 5.75 Å². The second-order valence-corrected chi connectivity index (χ2v) is 11.9. The third-order valence-electron chi connectivity index (χ3n) is 7.66. The second-order valence-electron chi connectivity index (χ2n) is 11.9. The normalized spacial score (nSPS) is 12.3. The number of unbranched alkanes of at least 4 members (excludes halogenated alkanes) is 1. The van der Waals surface area contributed by atoms with Crippen LogP contribution < -0.4 is 27.4 Å². The fraction of sp³-hybridized carbons (Fsp3) is 0.361. The summed E-state index contributed by atoms with van der Waals surface area (Å²) in [6.45, 7) is 4.09. The molecule has 4 amide bonds. The molecule has 0 aliphatic heterocycles. The molecule has 17 heteroatoms. The monoisotopic (exact) mass is 767 g/mol. The first-order valence-corrected chi connectivity index (χ1v) is 16.2. The van der Waals surface area contributed by atoms with Gasteiger partial charge in [-0.1, -0.05) is 60.7 Å². The Morgan fingerprint density at radius 1 is 0.811 bits per heavy atom. The number of aromatic hydroxyl groups is 1. The number of benzene rings is 3. The first-order chi connectivity index (χ1) is 24.5. The lowest BCUT2D eigenvalue weighted by Gasteiger charge is -2.24. The summed E-state index contributed by atoms with van der Waals surface area (Å²) in [6.07, 6.45) is -4.07. The second kappa shape index (κ2) is 22.6. The molecule has 0 bridgehead atoms. The highest BCUT2D eigenvalue weighted by atomic mass is 35.5. The maximum Gasteiger partial charge on any atom is 0.490 e. The maximum absolute atomic E-state index is 13.4. The number of primary amides is 1. The van der Waals surface area contributed by atoms with Gasteiger partial charge in [0.15, 0.2) is 0 Å². The molecule has 0 spiro atoms. The lowest BCUT2D eigenvalue weighted by Crippen LogP contribution is -2.56. The lowest BCUT2D eigenvalue weighted by molar-refractivity contribution is -0.192. The van der Waals surface area contributed by atoms with Crippen molar-refractivity contribution in [2.24, 2.45) is 11.5 Å². The van der Waals surface area contributed by atoms with Crippen molar-refractivity contribution in [2.45, 2.75) is 76.9 Å². The molecule has 13 nitrogen and oxygen atoms in total. The van der Waals surface area contributed by atoms with E-state index in [1.54, 1.807) is 12.1 Å². The van der Waals surface area contributed by atoms with Gasteiger partial charge in [0.2, 0.25) is 17.7 Å². The third kappa shape index (κ3) is 17.1. The summed E-state index contributed by atoms with van der Waals surface area (Å²) in [6, 6.07) is 18.7. The zero-order chi connectivity index (χ0) is 38.8. The van der Waals surface area contributed by atoms with E-state index in [-0.39, 0.29) is 44.0 Å². The Kier molecular flexibility index (Phi) is 19.4. The number of aryl methyl sites for hydroxylation is 2. The van der Waals surface area contributed by atoms with Gasteiger partial charge in [-0.2, -0.15) is 13.2 Å². The molecule has 3 aromatic carbocycles. The van der Waals surface area contributed by atoms with E-state index in [0.29, 0.717) is 19.4 Å². The molecule has 290 valence electrons. The number of carbonyl (C=O) groups is 5. The van der Waals surface area contributed by atoms with Crippen molar-refractivity contribution in [3.05, 3.63) is 101 Å². The molecule has 0 aliphatic carbocycles. The zero-order valence-corrected chi connectivity index (χ0v) is 30.0. The summed E-state index contributed by atoms with van der Waals surface area (Å²) < 4.78 is 37.0. The number of hydrogen-bond acceptors (Lipinski definition) is 8. The fourth-order valence-electron chi connectivity index (χ4n) is 4.94. The van der Waals surface area contributed by atoms with Gasteiger partial charge >= 0.3 is 18.2 Å². The average Bonchev–Trinajstić information content (AvgIpc) is 3.08. The van der Waals surface area contributed by atoms with E-state index in [4.69, 9.17) is 26.1 Å². The summed E-state index contributed by atoms with van der Waals surface area (Å²) in [5.74, 6) is -4.44. The third-order valence-corrected chi connectivity index (χ3v) is 7.66. The average molecular weight is 768 g/mol. The molecule has 0 aromatic heterocycles. The standard InChI is InChI=1S/C34H43N5O6.C2HF3O2.ClH/c1-22-17-26(40)18-23(2)27(22)20-28(35)32(42)38-29(33(43)39-30(31(36)41)19-24-11-5-3-6-12-24)15-9-10-16-37-34(44)45-21-25-13-7-4-8-14-25;3-2(4,5)1(6)7;/h3-8,11-14,17-18,28-30,40H,9-10,15-16,19-21,35H2,1-2H3,(H2,36,41)(H,37,44)(H,38,42)(H,39,43);(H,6,7);1H/t28-,29-,30-;;/m0../s1. The molecule has 3 atom stereocenters. The summed E-state index contributed by atoms with van der Waals surface area (Å²) in [4.78, 5) is 59.8. The van der Waals surface area contributed by atoms with Crippen molar-refractivity contribution in [3.63, 3.8) is 0 Å². The number of alkyl carbamates (subject to hydrolysis) is 1. The van der Waals surface area contributed by atoms with Gasteiger partial charge in [0.1, 0.15) is 24.4 Å². The smallest absolute Gasteiger partial charge is 0.490 e. The molecular formula is C36H45ClF3N5O8. The number of nitrogens with two attached hydrogens (primary N) is 2. The number of phenolic OH excluding ortho intramolecular Hbond substituents is 1. The molecule has 0 radical (unpaired) electrons. The Labute approximate surface area is 311 Å². The van der Waals surface area contributed by atoms with Gasteiger partial charge in [0, 0.05) is 13.0 Å². The van der Waals surface area contributed by atoms with Crippen LogP contribution in [-0.2, 0) is 43.4 Å². The predicted molar refractivity (Wildman–Crippen MR) is 192 cm³/mol. The molecule has 0 heterocycles. The Bertz CT molecular complexity index is 1630. The minimum atomic E-state index is -5.08. The Hall–Kier alpha value is -5.35. The van der Waals surface area contributed by atoms with Crippen LogP contribution in [0.1, 0.15) is 47.1 Å². The predicted octanol–water partition coefficient (Wildman–Crippen LogP) is 3.73. The van der Waals surface area contributed by atoms with Crippen LogP contribution in [0.5, 0.6) is 5.75 Å². The van der Waals surface area contributed by atoms with Crippen LogP contribution in [0.4, 0.5) is 18.0 Å². The van der Waals surface area contributed by atoms with Crippen molar-refractivity contribution in [2.75, 3.05) is 6.54 Å². The molecule has 0 saturated carbocycles. The lowest BCUT2D eigenvalue weighted by atomic mass is 9.95. The molecule has 0 saturated heterocycles. The maximum atomic E-state index is 13.4. The number of hydrogen-bond donors (Lipinski definition) is 7. The van der Waals surface area contributed by atoms with Gasteiger partial charge < -0.3 is 42.4 Å². The number of carboxylic acid groups (broad SMARTS) is 1. The van der Waals surface area contributed by atoms with E-state index in [9.17, 15) is 37.5 Å². The number of nitrogens with one attached hydrogen (secondary N) is 3. The van der Waals surface area contributed by atoms with Crippen LogP contribution in [0.25, 0.3) is 0 Å². The molecule has 9 N–H and O–H groups in total. The largest absolute Gasteiger partial charge is 0.508 e. The fourth-order valence-corrected chi connectivity index (χ4v) is 4.94. The molecule has 53 heavy (non-hydrogen) atoms. The Morgan fingerprint density at radius 2 is 1.32 bits per heavy atom. The highest BCUT2D eigenvalue weighted by Gasteiger charge is 2.38. The van der Waals surface area contributed by atoms with Crippen molar-refractivity contribution in [1.29, 1.82) is 0 Å². The minimum absolute atomic E-state index is 0. The van der Waals surface area contributed by atoms with Crippen LogP contribution in [0.2, 0.25) is 0 Å². The molecule has 3 rings (SSSR count). The van der Waals surface area contributed by atoms with Gasteiger partial charge in [0.25, 0.3) is 0 Å². The zero-order valence-electron chi connectivity index (χ0n) is 29.2. The van der Waals surface area contributed by atoms with E-state index in [1.807, 2.05) is 74.5 Å². The number of alkyl halides is 3. The highest BCUT2D eigenvalue weighted by molar-refractivity contribution is 5.92. The Balaban J connectivity index is 0.00000159. The molecule has 3 aromatic rings. The number of carbonyl (C=O) groups excluding carboxylic acids is 4. The van der Waals surface area contributed by atoms with Gasteiger partial charge in [-0.25, -0.2) is 9.59 Å². The molecule has 0 fully saturated rings. The first kappa shape index (κ1) is 45.7. The van der Waals surface area contributed by atoms with Crippen molar-refractivity contribution >= 4 is 42.2 Å². The molecule has 0 aliphatic rings. The summed E-state index contributed by atoms with van der Waals surface area (Å²) in [5.41, 5.74) is 16.0. The van der Waals surface area contributed by atoms with E-state index >= 15 is 0 Å². The van der Waals surface area contributed by atoms with Crippen LogP contribution in [0.3, 0.4) is 0 Å². The van der Waals surface area contributed by atoms with E-state index < -0.39 is 54.1 Å². The van der Waals surface area contributed by atoms with Crippen molar-refractivity contribution in [1.82, 2.24) is 16.0 Å². The number of phenols is 1. The number of ether oxygens (including phenoxy) is 1. The topological polar surface area (TPSA) is 223 Å². The van der Waals surface area contributed by atoms with Crippen LogP contribution >= 0.6 is 12.4 Å². The summed E-state index contributed by atoms with van der Waals surface area (Å²) in [5, 5.41) is 25.1. The Morgan fingerprint density at radius 3 is 1.83 bits per heavy atom.